The Labute approximate surface area is 200 Å². The molecule has 0 atom stereocenters. The fraction of sp³-hybridized carbons (Fsp3) is 0.0769. The maximum absolute atomic E-state index is 13.1. The van der Waals surface area contributed by atoms with Crippen LogP contribution in [0, 0.1) is 13.8 Å². The standard InChI is InChI=1S/C26H20BrN3OS/c1-16-14-18(15-23-25(31)30(26(32)28-23)19-8-4-3-5-9-19)17(2)29(16)24-13-12-22(27)20-10-6-7-11-21(20)24/h3-15H,1-2H3,(H,28,32)/b23-15-. The van der Waals surface area contributed by atoms with Gasteiger partial charge in [0.1, 0.15) is 5.70 Å². The van der Waals surface area contributed by atoms with Gasteiger partial charge in [-0.2, -0.15) is 0 Å². The van der Waals surface area contributed by atoms with Gasteiger partial charge < -0.3 is 9.88 Å². The highest BCUT2D eigenvalue weighted by atomic mass is 79.9. The Morgan fingerprint density at radius 2 is 1.62 bits per heavy atom. The monoisotopic (exact) mass is 501 g/mol. The lowest BCUT2D eigenvalue weighted by atomic mass is 10.1. The van der Waals surface area contributed by atoms with E-state index in [9.17, 15) is 4.79 Å². The normalized spacial score (nSPS) is 15.1. The zero-order valence-electron chi connectivity index (χ0n) is 17.6. The quantitative estimate of drug-likeness (QED) is 0.265. The number of hydrogen-bond acceptors (Lipinski definition) is 2. The van der Waals surface area contributed by atoms with E-state index in [1.54, 1.807) is 0 Å². The van der Waals surface area contributed by atoms with Crippen LogP contribution in [-0.2, 0) is 4.79 Å². The number of hydrogen-bond donors (Lipinski definition) is 1. The fourth-order valence-corrected chi connectivity index (χ4v) is 5.02. The molecule has 1 aliphatic rings. The third kappa shape index (κ3) is 3.36. The Bertz CT molecular complexity index is 1420. The number of nitrogens with one attached hydrogen (secondary N) is 1. The second kappa shape index (κ2) is 8.04. The molecule has 0 radical (unpaired) electrons. The van der Waals surface area contributed by atoms with Crippen LogP contribution >= 0.6 is 28.1 Å². The van der Waals surface area contributed by atoms with Crippen LogP contribution in [0.25, 0.3) is 22.5 Å². The van der Waals surface area contributed by atoms with E-state index in [1.807, 2.05) is 42.5 Å². The number of amides is 1. The molecule has 32 heavy (non-hydrogen) atoms. The number of halogens is 1. The average molecular weight is 502 g/mol. The highest BCUT2D eigenvalue weighted by Gasteiger charge is 2.32. The number of rotatable bonds is 3. The van der Waals surface area contributed by atoms with Crippen molar-refractivity contribution < 1.29 is 4.79 Å². The van der Waals surface area contributed by atoms with Crippen LogP contribution in [0.3, 0.4) is 0 Å². The summed E-state index contributed by atoms with van der Waals surface area (Å²) in [5, 5.41) is 5.80. The van der Waals surface area contributed by atoms with Gasteiger partial charge in [0.25, 0.3) is 5.91 Å². The van der Waals surface area contributed by atoms with Crippen molar-refractivity contribution in [2.75, 3.05) is 4.90 Å². The molecule has 0 bridgehead atoms. The van der Waals surface area contributed by atoms with Crippen molar-refractivity contribution >= 4 is 61.7 Å². The molecule has 1 fully saturated rings. The van der Waals surface area contributed by atoms with Crippen molar-refractivity contribution in [2.45, 2.75) is 13.8 Å². The van der Waals surface area contributed by atoms with Crippen LogP contribution in [0.4, 0.5) is 5.69 Å². The molecule has 158 valence electrons. The maximum atomic E-state index is 13.1. The molecule has 1 aromatic heterocycles. The zero-order chi connectivity index (χ0) is 22.4. The van der Waals surface area contributed by atoms with Crippen molar-refractivity contribution in [1.82, 2.24) is 9.88 Å². The molecular formula is C26H20BrN3OS. The Balaban J connectivity index is 1.58. The van der Waals surface area contributed by atoms with Gasteiger partial charge in [0.05, 0.1) is 11.4 Å². The number of thiocarbonyl (C=S) groups is 1. The summed E-state index contributed by atoms with van der Waals surface area (Å²) in [6.07, 6.45) is 1.89. The number of anilines is 1. The van der Waals surface area contributed by atoms with Crippen LogP contribution in [0.5, 0.6) is 0 Å². The number of nitrogens with zero attached hydrogens (tertiary/aromatic N) is 2. The van der Waals surface area contributed by atoms with Crippen molar-refractivity contribution in [1.29, 1.82) is 0 Å². The molecule has 1 saturated heterocycles. The van der Waals surface area contributed by atoms with E-state index in [1.165, 1.54) is 4.90 Å². The molecule has 1 amide bonds. The Hall–Kier alpha value is -3.22. The van der Waals surface area contributed by atoms with Gasteiger partial charge >= 0.3 is 0 Å². The smallest absolute Gasteiger partial charge is 0.281 e. The summed E-state index contributed by atoms with van der Waals surface area (Å²) < 4.78 is 3.30. The van der Waals surface area contributed by atoms with Gasteiger partial charge in [0, 0.05) is 21.2 Å². The first-order valence-corrected chi connectivity index (χ1v) is 11.4. The van der Waals surface area contributed by atoms with Gasteiger partial charge in [-0.25, -0.2) is 0 Å². The predicted molar refractivity (Wildman–Crippen MR) is 138 cm³/mol. The lowest BCUT2D eigenvalue weighted by Crippen LogP contribution is -2.30. The highest BCUT2D eigenvalue weighted by molar-refractivity contribution is 9.10. The van der Waals surface area contributed by atoms with Gasteiger partial charge in [0.15, 0.2) is 5.11 Å². The number of carbonyl (C=O) groups is 1. The molecular weight excluding hydrogens is 482 g/mol. The number of para-hydroxylation sites is 1. The molecule has 3 aromatic carbocycles. The topological polar surface area (TPSA) is 37.3 Å². The summed E-state index contributed by atoms with van der Waals surface area (Å²) in [6, 6.07) is 24.1. The van der Waals surface area contributed by atoms with Crippen molar-refractivity contribution in [3.63, 3.8) is 0 Å². The van der Waals surface area contributed by atoms with E-state index in [-0.39, 0.29) is 5.91 Å². The number of benzene rings is 3. The van der Waals surface area contributed by atoms with Crippen LogP contribution in [0.2, 0.25) is 0 Å². The maximum Gasteiger partial charge on any atom is 0.281 e. The third-order valence-corrected chi connectivity index (χ3v) is 6.73. The van der Waals surface area contributed by atoms with E-state index >= 15 is 0 Å². The molecule has 6 heteroatoms. The van der Waals surface area contributed by atoms with Crippen molar-refractivity contribution in [2.24, 2.45) is 0 Å². The lowest BCUT2D eigenvalue weighted by Gasteiger charge is -2.14. The summed E-state index contributed by atoms with van der Waals surface area (Å²) in [6.45, 7) is 4.15. The van der Waals surface area contributed by atoms with Gasteiger partial charge in [0.2, 0.25) is 0 Å². The summed E-state index contributed by atoms with van der Waals surface area (Å²) in [4.78, 5) is 14.6. The first-order chi connectivity index (χ1) is 15.5. The first-order valence-electron chi connectivity index (χ1n) is 10.2. The zero-order valence-corrected chi connectivity index (χ0v) is 20.0. The van der Waals surface area contributed by atoms with E-state index in [2.05, 4.69) is 76.1 Å². The molecule has 0 saturated carbocycles. The minimum absolute atomic E-state index is 0.153. The second-order valence-corrected chi connectivity index (χ2v) is 8.98. The molecule has 1 N–H and O–H groups in total. The molecule has 0 spiro atoms. The summed E-state index contributed by atoms with van der Waals surface area (Å²) >= 11 is 9.10. The average Bonchev–Trinajstić information content (AvgIpc) is 3.23. The summed E-state index contributed by atoms with van der Waals surface area (Å²) in [5.74, 6) is -0.153. The molecule has 1 aliphatic heterocycles. The van der Waals surface area contributed by atoms with Gasteiger partial charge in [-0.05, 0) is 73.4 Å². The highest BCUT2D eigenvalue weighted by Crippen LogP contribution is 2.32. The Morgan fingerprint density at radius 3 is 2.38 bits per heavy atom. The fourth-order valence-electron chi connectivity index (χ4n) is 4.25. The van der Waals surface area contributed by atoms with Crippen molar-refractivity contribution in [3.05, 3.63) is 99.9 Å². The van der Waals surface area contributed by atoms with E-state index in [0.717, 1.165) is 43.6 Å². The number of fused-ring (bicyclic) bond motifs is 1. The summed E-state index contributed by atoms with van der Waals surface area (Å²) in [5.41, 5.74) is 5.46. The SMILES string of the molecule is Cc1cc(/C=C2\NC(=S)N(c3ccccc3)C2=O)c(C)n1-c1ccc(Br)c2ccccc12. The molecule has 0 aliphatic carbocycles. The molecule has 5 rings (SSSR count). The minimum atomic E-state index is -0.153. The van der Waals surface area contributed by atoms with Gasteiger partial charge in [-0.3, -0.25) is 9.69 Å². The van der Waals surface area contributed by atoms with Crippen molar-refractivity contribution in [3.8, 4) is 5.69 Å². The predicted octanol–water partition coefficient (Wildman–Crippen LogP) is 6.27. The Kier molecular flexibility index (Phi) is 5.19. The first kappa shape index (κ1) is 20.7. The van der Waals surface area contributed by atoms with E-state index in [4.69, 9.17) is 12.2 Å². The van der Waals surface area contributed by atoms with Gasteiger partial charge in [-0.1, -0.05) is 58.4 Å². The van der Waals surface area contributed by atoms with Crippen LogP contribution in [0.15, 0.2) is 83.0 Å². The van der Waals surface area contributed by atoms with Gasteiger partial charge in [-0.15, -0.1) is 0 Å². The molecule has 2 heterocycles. The third-order valence-electron chi connectivity index (χ3n) is 5.75. The van der Waals surface area contributed by atoms with Crippen LogP contribution in [-0.4, -0.2) is 15.6 Å². The van der Waals surface area contributed by atoms with Crippen LogP contribution < -0.4 is 10.2 Å². The number of aryl methyl sites for hydroxylation is 1. The Morgan fingerprint density at radius 1 is 0.938 bits per heavy atom. The lowest BCUT2D eigenvalue weighted by molar-refractivity contribution is -0.113. The second-order valence-electron chi connectivity index (χ2n) is 7.74. The number of aromatic nitrogens is 1. The minimum Gasteiger partial charge on any atom is -0.327 e. The molecule has 4 nitrogen and oxygen atoms in total. The van der Waals surface area contributed by atoms with Crippen LogP contribution in [0.1, 0.15) is 17.0 Å². The largest absolute Gasteiger partial charge is 0.327 e. The van der Waals surface area contributed by atoms with E-state index < -0.39 is 0 Å². The van der Waals surface area contributed by atoms with E-state index in [0.29, 0.717) is 10.8 Å². The molecule has 0 unspecified atom stereocenters. The summed E-state index contributed by atoms with van der Waals surface area (Å²) in [7, 11) is 0. The molecule has 4 aromatic rings. The number of carbonyl (C=O) groups excluding carboxylic acids is 1.